The third-order valence-electron chi connectivity index (χ3n) is 6.68. The van der Waals surface area contributed by atoms with Crippen molar-refractivity contribution in [2.24, 2.45) is 0 Å². The Kier molecular flexibility index (Phi) is 7.32. The SMILES string of the molecule is CCC(=O)N1CCc2ccc(OCc3ccc(C(=O)N4CCSCC4)o3)cc2[C@@H]1c1cccc(F)c1. The van der Waals surface area contributed by atoms with Crippen molar-refractivity contribution in [3.63, 3.8) is 0 Å². The Bertz CT molecular complexity index is 1250. The minimum absolute atomic E-state index is 0.0290. The number of nitrogens with zero attached hydrogens (tertiary/aromatic N) is 2. The molecule has 2 aromatic carbocycles. The number of furan rings is 1. The van der Waals surface area contributed by atoms with Crippen LogP contribution in [0, 0.1) is 5.82 Å². The molecule has 2 amide bonds. The van der Waals surface area contributed by atoms with Crippen molar-refractivity contribution < 1.29 is 23.1 Å². The van der Waals surface area contributed by atoms with E-state index in [2.05, 4.69) is 0 Å². The van der Waals surface area contributed by atoms with Gasteiger partial charge in [-0.3, -0.25) is 9.59 Å². The summed E-state index contributed by atoms with van der Waals surface area (Å²) in [5, 5.41) is 0. The number of hydrogen-bond donors (Lipinski definition) is 0. The average molecular weight is 509 g/mol. The van der Waals surface area contributed by atoms with Crippen molar-refractivity contribution in [1.29, 1.82) is 0 Å². The smallest absolute Gasteiger partial charge is 0.289 e. The lowest BCUT2D eigenvalue weighted by Crippen LogP contribution is -2.40. The van der Waals surface area contributed by atoms with Gasteiger partial charge in [0, 0.05) is 37.6 Å². The van der Waals surface area contributed by atoms with E-state index in [1.165, 1.54) is 12.1 Å². The zero-order valence-electron chi connectivity index (χ0n) is 20.2. The van der Waals surface area contributed by atoms with Gasteiger partial charge in [0.15, 0.2) is 5.76 Å². The highest BCUT2D eigenvalue weighted by atomic mass is 32.2. The molecule has 3 heterocycles. The molecule has 1 fully saturated rings. The van der Waals surface area contributed by atoms with Crippen LogP contribution in [0.4, 0.5) is 4.39 Å². The highest BCUT2D eigenvalue weighted by molar-refractivity contribution is 7.99. The van der Waals surface area contributed by atoms with E-state index in [4.69, 9.17) is 9.15 Å². The van der Waals surface area contributed by atoms with Gasteiger partial charge in [0.2, 0.25) is 5.91 Å². The van der Waals surface area contributed by atoms with Crippen LogP contribution in [0.15, 0.2) is 59.0 Å². The molecule has 0 bridgehead atoms. The van der Waals surface area contributed by atoms with E-state index in [1.54, 1.807) is 18.2 Å². The van der Waals surface area contributed by atoms with Crippen LogP contribution in [0.25, 0.3) is 0 Å². The maximum absolute atomic E-state index is 14.1. The van der Waals surface area contributed by atoms with Crippen molar-refractivity contribution >= 4 is 23.6 Å². The van der Waals surface area contributed by atoms with Gasteiger partial charge in [0.05, 0.1) is 6.04 Å². The molecule has 0 spiro atoms. The first-order chi connectivity index (χ1) is 17.5. The van der Waals surface area contributed by atoms with E-state index in [9.17, 15) is 14.0 Å². The van der Waals surface area contributed by atoms with Gasteiger partial charge in [0.25, 0.3) is 5.91 Å². The van der Waals surface area contributed by atoms with E-state index in [-0.39, 0.29) is 30.3 Å². The fourth-order valence-electron chi connectivity index (χ4n) is 4.84. The van der Waals surface area contributed by atoms with Crippen LogP contribution in [-0.2, 0) is 17.8 Å². The number of fused-ring (bicyclic) bond motifs is 1. The predicted octanol–water partition coefficient (Wildman–Crippen LogP) is 5.07. The number of benzene rings is 2. The second-order valence-corrected chi connectivity index (χ2v) is 10.2. The van der Waals surface area contributed by atoms with Gasteiger partial charge in [-0.2, -0.15) is 11.8 Å². The molecule has 1 saturated heterocycles. The molecule has 0 saturated carbocycles. The van der Waals surface area contributed by atoms with Gasteiger partial charge in [0.1, 0.15) is 23.9 Å². The number of thioether (sulfide) groups is 1. The van der Waals surface area contributed by atoms with Crippen LogP contribution in [0.2, 0.25) is 0 Å². The second-order valence-electron chi connectivity index (χ2n) is 8.97. The van der Waals surface area contributed by atoms with Crippen LogP contribution >= 0.6 is 11.8 Å². The molecule has 0 N–H and O–H groups in total. The average Bonchev–Trinajstić information content (AvgIpc) is 3.40. The minimum Gasteiger partial charge on any atom is -0.486 e. The second kappa shape index (κ2) is 10.8. The number of carbonyl (C=O) groups excluding carboxylic acids is 2. The molecular weight excluding hydrogens is 479 g/mol. The van der Waals surface area contributed by atoms with Crippen LogP contribution in [0.5, 0.6) is 5.75 Å². The Morgan fingerprint density at radius 2 is 1.92 bits per heavy atom. The van der Waals surface area contributed by atoms with Gasteiger partial charge in [-0.1, -0.05) is 25.1 Å². The molecular formula is C28H29FN2O4S. The maximum Gasteiger partial charge on any atom is 0.289 e. The summed E-state index contributed by atoms with van der Waals surface area (Å²) in [6, 6.07) is 15.4. The number of amides is 2. The van der Waals surface area contributed by atoms with E-state index < -0.39 is 0 Å². The largest absolute Gasteiger partial charge is 0.486 e. The van der Waals surface area contributed by atoms with Gasteiger partial charge in [-0.25, -0.2) is 4.39 Å². The monoisotopic (exact) mass is 508 g/mol. The molecule has 0 radical (unpaired) electrons. The van der Waals surface area contributed by atoms with Gasteiger partial charge >= 0.3 is 0 Å². The van der Waals surface area contributed by atoms with E-state index in [1.807, 2.05) is 52.8 Å². The molecule has 2 aliphatic heterocycles. The molecule has 188 valence electrons. The quantitative estimate of drug-likeness (QED) is 0.465. The highest BCUT2D eigenvalue weighted by Gasteiger charge is 2.32. The summed E-state index contributed by atoms with van der Waals surface area (Å²) in [7, 11) is 0. The van der Waals surface area contributed by atoms with Gasteiger partial charge < -0.3 is 19.0 Å². The molecule has 3 aromatic rings. The lowest BCUT2D eigenvalue weighted by Gasteiger charge is -2.38. The van der Waals surface area contributed by atoms with Crippen molar-refractivity contribution in [2.75, 3.05) is 31.1 Å². The molecule has 36 heavy (non-hydrogen) atoms. The summed E-state index contributed by atoms with van der Waals surface area (Å²) < 4.78 is 25.9. The Labute approximate surface area is 214 Å². The summed E-state index contributed by atoms with van der Waals surface area (Å²) in [4.78, 5) is 29.1. The van der Waals surface area contributed by atoms with Crippen LogP contribution in [-0.4, -0.2) is 52.8 Å². The number of hydrogen-bond acceptors (Lipinski definition) is 5. The molecule has 8 heteroatoms. The first-order valence-corrected chi connectivity index (χ1v) is 13.4. The van der Waals surface area contributed by atoms with E-state index in [0.29, 0.717) is 30.2 Å². The number of carbonyl (C=O) groups is 2. The Morgan fingerprint density at radius 1 is 1.08 bits per heavy atom. The minimum atomic E-state index is -0.379. The molecule has 1 aromatic heterocycles. The maximum atomic E-state index is 14.1. The molecule has 0 aliphatic carbocycles. The molecule has 0 unspecified atom stereocenters. The lowest BCUT2D eigenvalue weighted by molar-refractivity contribution is -0.132. The summed E-state index contributed by atoms with van der Waals surface area (Å²) in [6.45, 7) is 4.06. The normalized spacial score (nSPS) is 17.6. The lowest BCUT2D eigenvalue weighted by atomic mass is 9.87. The van der Waals surface area contributed by atoms with Crippen molar-refractivity contribution in [1.82, 2.24) is 9.80 Å². The Balaban J connectivity index is 1.35. The van der Waals surface area contributed by atoms with Crippen LogP contribution < -0.4 is 4.74 Å². The summed E-state index contributed by atoms with van der Waals surface area (Å²) >= 11 is 1.85. The van der Waals surface area contributed by atoms with Crippen molar-refractivity contribution in [3.05, 3.63) is 88.6 Å². The fourth-order valence-corrected chi connectivity index (χ4v) is 5.74. The molecule has 5 rings (SSSR count). The molecule has 1 atom stereocenters. The number of halogens is 1. The molecule has 6 nitrogen and oxygen atoms in total. The first-order valence-electron chi connectivity index (χ1n) is 12.3. The standard InChI is InChI=1S/C28H29FN2O4S/c1-2-26(32)31-11-10-19-6-7-22(17-24(19)27(31)20-4-3-5-21(29)16-20)34-18-23-8-9-25(35-23)28(33)30-12-14-36-15-13-30/h3-9,16-17,27H,2,10-15,18H2,1H3/t27-/m0/s1. The summed E-state index contributed by atoms with van der Waals surface area (Å²) in [5.74, 6) is 3.01. The number of ether oxygens (including phenoxy) is 1. The third-order valence-corrected chi connectivity index (χ3v) is 7.63. The zero-order valence-corrected chi connectivity index (χ0v) is 21.1. The van der Waals surface area contributed by atoms with Crippen molar-refractivity contribution in [3.8, 4) is 5.75 Å². The third kappa shape index (κ3) is 5.14. The summed E-state index contributed by atoms with van der Waals surface area (Å²) in [6.07, 6.45) is 1.11. The Hall–Kier alpha value is -3.26. The van der Waals surface area contributed by atoms with Crippen LogP contribution in [0.3, 0.4) is 0 Å². The van der Waals surface area contributed by atoms with Crippen molar-refractivity contribution in [2.45, 2.75) is 32.4 Å². The predicted molar refractivity (Wildman–Crippen MR) is 137 cm³/mol. The van der Waals surface area contributed by atoms with E-state index in [0.717, 1.165) is 47.7 Å². The van der Waals surface area contributed by atoms with E-state index >= 15 is 0 Å². The highest BCUT2D eigenvalue weighted by Crippen LogP contribution is 2.38. The molecule has 2 aliphatic rings. The summed E-state index contributed by atoms with van der Waals surface area (Å²) in [5.41, 5.74) is 2.78. The Morgan fingerprint density at radius 3 is 2.69 bits per heavy atom. The van der Waals surface area contributed by atoms with Gasteiger partial charge in [-0.15, -0.1) is 0 Å². The fraction of sp³-hybridized carbons (Fsp3) is 0.357. The first kappa shape index (κ1) is 24.4. The number of rotatable bonds is 6. The van der Waals surface area contributed by atoms with Gasteiger partial charge in [-0.05, 0) is 59.5 Å². The van der Waals surface area contributed by atoms with Crippen LogP contribution in [0.1, 0.15) is 52.4 Å². The topological polar surface area (TPSA) is 63.0 Å². The zero-order chi connectivity index (χ0) is 25.1.